The summed E-state index contributed by atoms with van der Waals surface area (Å²) in [5.41, 5.74) is 0.849. The Labute approximate surface area is 143 Å². The van der Waals surface area contributed by atoms with Crippen LogP contribution in [0.5, 0.6) is 0 Å². The fraction of sp³-hybridized carbons (Fsp3) is 0.600. The van der Waals surface area contributed by atoms with Gasteiger partial charge in [0.25, 0.3) is 0 Å². The Morgan fingerprint density at radius 3 is 3.09 bits per heavy atom. The van der Waals surface area contributed by atoms with Crippen LogP contribution < -0.4 is 0 Å². The molecule has 3 heterocycles. The molecule has 0 N–H and O–H groups in total. The number of hydrogen-bond acceptors (Lipinski definition) is 7. The molecule has 124 valence electrons. The highest BCUT2D eigenvalue weighted by molar-refractivity contribution is 8.00. The highest BCUT2D eigenvalue weighted by Crippen LogP contribution is 2.31. The summed E-state index contributed by atoms with van der Waals surface area (Å²) >= 11 is 3.31. The molecule has 2 aromatic heterocycles. The van der Waals surface area contributed by atoms with Crippen LogP contribution in [0.25, 0.3) is 0 Å². The van der Waals surface area contributed by atoms with E-state index in [-0.39, 0.29) is 11.9 Å². The molecule has 23 heavy (non-hydrogen) atoms. The Balaban J connectivity index is 1.70. The van der Waals surface area contributed by atoms with Gasteiger partial charge in [0.1, 0.15) is 10.4 Å². The SMILES string of the molecule is CCSc1nc(CC(=O)N2CCCC[C@@H]2c2nc(C)no2)cs1. The van der Waals surface area contributed by atoms with Crippen LogP contribution in [0.15, 0.2) is 14.2 Å². The third-order valence-corrected chi connectivity index (χ3v) is 5.73. The van der Waals surface area contributed by atoms with E-state index >= 15 is 0 Å². The van der Waals surface area contributed by atoms with Crippen molar-refractivity contribution in [3.63, 3.8) is 0 Å². The molecule has 1 amide bonds. The topological polar surface area (TPSA) is 72.1 Å². The van der Waals surface area contributed by atoms with Crippen LogP contribution in [0.3, 0.4) is 0 Å². The molecule has 6 nitrogen and oxygen atoms in total. The van der Waals surface area contributed by atoms with E-state index in [2.05, 4.69) is 22.0 Å². The molecule has 2 aromatic rings. The van der Waals surface area contributed by atoms with Gasteiger partial charge in [-0.3, -0.25) is 4.79 Å². The predicted octanol–water partition coefficient (Wildman–Crippen LogP) is 3.24. The van der Waals surface area contributed by atoms with Crippen LogP contribution >= 0.6 is 23.1 Å². The minimum Gasteiger partial charge on any atom is -0.337 e. The first kappa shape index (κ1) is 16.4. The molecule has 0 aromatic carbocycles. The number of rotatable bonds is 5. The van der Waals surface area contributed by atoms with Gasteiger partial charge in [-0.25, -0.2) is 4.98 Å². The van der Waals surface area contributed by atoms with Crippen molar-refractivity contribution in [3.8, 4) is 0 Å². The lowest BCUT2D eigenvalue weighted by atomic mass is 10.0. The molecule has 0 bridgehead atoms. The van der Waals surface area contributed by atoms with Crippen LogP contribution in [0.2, 0.25) is 0 Å². The molecule has 0 unspecified atom stereocenters. The average Bonchev–Trinajstić information content (AvgIpc) is 3.17. The summed E-state index contributed by atoms with van der Waals surface area (Å²) in [6.45, 7) is 4.64. The maximum absolute atomic E-state index is 12.7. The number of hydrogen-bond donors (Lipinski definition) is 0. The van der Waals surface area contributed by atoms with Gasteiger partial charge in [-0.15, -0.1) is 11.3 Å². The summed E-state index contributed by atoms with van der Waals surface area (Å²) in [7, 11) is 0. The number of likely N-dealkylation sites (tertiary alicyclic amines) is 1. The molecule has 0 spiro atoms. The molecule has 1 aliphatic heterocycles. The van der Waals surface area contributed by atoms with Crippen LogP contribution in [-0.4, -0.2) is 38.2 Å². The maximum atomic E-state index is 12.7. The second kappa shape index (κ2) is 7.44. The number of thiazole rings is 1. The molecular weight excluding hydrogens is 332 g/mol. The molecule has 1 aliphatic rings. The van der Waals surface area contributed by atoms with E-state index in [4.69, 9.17) is 4.52 Å². The molecule has 1 fully saturated rings. The van der Waals surface area contributed by atoms with Gasteiger partial charge in [0, 0.05) is 11.9 Å². The summed E-state index contributed by atoms with van der Waals surface area (Å²) in [6, 6.07) is -0.0967. The van der Waals surface area contributed by atoms with Gasteiger partial charge in [-0.2, -0.15) is 4.98 Å². The van der Waals surface area contributed by atoms with E-state index in [1.165, 1.54) is 0 Å². The van der Waals surface area contributed by atoms with Crippen molar-refractivity contribution in [1.29, 1.82) is 0 Å². The lowest BCUT2D eigenvalue weighted by molar-refractivity contribution is -0.135. The third kappa shape index (κ3) is 3.92. The van der Waals surface area contributed by atoms with Gasteiger partial charge < -0.3 is 9.42 Å². The van der Waals surface area contributed by atoms with Crippen LogP contribution in [0.1, 0.15) is 49.6 Å². The second-order valence-corrected chi connectivity index (χ2v) is 7.86. The molecule has 3 rings (SSSR count). The van der Waals surface area contributed by atoms with Gasteiger partial charge in [0.05, 0.1) is 12.1 Å². The fourth-order valence-electron chi connectivity index (χ4n) is 2.75. The zero-order chi connectivity index (χ0) is 16.2. The predicted molar refractivity (Wildman–Crippen MR) is 89.6 cm³/mol. The van der Waals surface area contributed by atoms with Gasteiger partial charge >= 0.3 is 0 Å². The monoisotopic (exact) mass is 352 g/mol. The Morgan fingerprint density at radius 2 is 2.35 bits per heavy atom. The van der Waals surface area contributed by atoms with Crippen LogP contribution in [-0.2, 0) is 11.2 Å². The Kier molecular flexibility index (Phi) is 5.32. The summed E-state index contributed by atoms with van der Waals surface area (Å²) in [5, 5.41) is 5.83. The quantitative estimate of drug-likeness (QED) is 0.769. The van der Waals surface area contributed by atoms with Gasteiger partial charge in [-0.05, 0) is 31.9 Å². The van der Waals surface area contributed by atoms with E-state index in [0.29, 0.717) is 18.1 Å². The summed E-state index contributed by atoms with van der Waals surface area (Å²) in [6.07, 6.45) is 3.30. The summed E-state index contributed by atoms with van der Waals surface area (Å²) < 4.78 is 6.32. The fourth-order valence-corrected chi connectivity index (χ4v) is 4.49. The first-order valence-electron chi connectivity index (χ1n) is 7.84. The lowest BCUT2D eigenvalue weighted by Crippen LogP contribution is -2.39. The number of thioether (sulfide) groups is 1. The first-order valence-corrected chi connectivity index (χ1v) is 9.70. The van der Waals surface area contributed by atoms with Gasteiger partial charge in [-0.1, -0.05) is 23.8 Å². The molecule has 0 radical (unpaired) electrons. The molecular formula is C15H20N4O2S2. The standard InChI is InChI=1S/C15H20N4O2S2/c1-3-22-15-17-11(9-23-15)8-13(20)19-7-5-4-6-12(19)14-16-10(2)18-21-14/h9,12H,3-8H2,1-2H3/t12-/m1/s1. The van der Waals surface area contributed by atoms with Crippen molar-refractivity contribution in [2.24, 2.45) is 0 Å². The lowest BCUT2D eigenvalue weighted by Gasteiger charge is -2.33. The normalized spacial score (nSPS) is 18.3. The zero-order valence-electron chi connectivity index (χ0n) is 13.3. The minimum absolute atomic E-state index is 0.0869. The number of piperidine rings is 1. The van der Waals surface area contributed by atoms with E-state index in [1.807, 2.05) is 10.3 Å². The number of amides is 1. The Bertz CT molecular complexity index is 670. The highest BCUT2D eigenvalue weighted by atomic mass is 32.2. The Hall–Kier alpha value is -1.41. The number of aryl methyl sites for hydroxylation is 1. The molecule has 1 saturated heterocycles. The van der Waals surface area contributed by atoms with E-state index in [0.717, 1.165) is 41.6 Å². The summed E-state index contributed by atoms with van der Waals surface area (Å²) in [5.74, 6) is 2.24. The number of nitrogens with zero attached hydrogens (tertiary/aromatic N) is 4. The second-order valence-electron chi connectivity index (χ2n) is 5.49. The number of aromatic nitrogens is 3. The van der Waals surface area contributed by atoms with Crippen LogP contribution in [0, 0.1) is 6.92 Å². The van der Waals surface area contributed by atoms with E-state index in [1.54, 1.807) is 30.0 Å². The number of carbonyl (C=O) groups excluding carboxylic acids is 1. The largest absolute Gasteiger partial charge is 0.337 e. The zero-order valence-corrected chi connectivity index (χ0v) is 15.0. The smallest absolute Gasteiger partial charge is 0.249 e. The maximum Gasteiger partial charge on any atom is 0.249 e. The minimum atomic E-state index is -0.0967. The molecule has 8 heteroatoms. The van der Waals surface area contributed by atoms with Crippen LogP contribution in [0.4, 0.5) is 0 Å². The van der Waals surface area contributed by atoms with Crippen molar-refractivity contribution >= 4 is 29.0 Å². The van der Waals surface area contributed by atoms with Crippen molar-refractivity contribution in [3.05, 3.63) is 22.8 Å². The van der Waals surface area contributed by atoms with E-state index < -0.39 is 0 Å². The van der Waals surface area contributed by atoms with Crippen molar-refractivity contribution in [2.45, 2.75) is 49.9 Å². The molecule has 1 atom stereocenters. The van der Waals surface area contributed by atoms with Gasteiger partial charge in [0.15, 0.2) is 5.82 Å². The molecule has 0 saturated carbocycles. The van der Waals surface area contributed by atoms with Crippen molar-refractivity contribution in [1.82, 2.24) is 20.0 Å². The third-order valence-electron chi connectivity index (χ3n) is 3.78. The Morgan fingerprint density at radius 1 is 1.48 bits per heavy atom. The van der Waals surface area contributed by atoms with E-state index in [9.17, 15) is 4.79 Å². The number of carbonyl (C=O) groups is 1. The van der Waals surface area contributed by atoms with Crippen molar-refractivity contribution in [2.75, 3.05) is 12.3 Å². The average molecular weight is 352 g/mol. The molecule has 0 aliphatic carbocycles. The summed E-state index contributed by atoms with van der Waals surface area (Å²) in [4.78, 5) is 23.4. The van der Waals surface area contributed by atoms with Gasteiger partial charge in [0.2, 0.25) is 11.8 Å². The first-order chi connectivity index (χ1) is 11.2. The highest BCUT2D eigenvalue weighted by Gasteiger charge is 2.32. The van der Waals surface area contributed by atoms with Crippen molar-refractivity contribution < 1.29 is 9.32 Å².